The van der Waals surface area contributed by atoms with Crippen molar-refractivity contribution in [3.63, 3.8) is 0 Å². The number of halogens is 3. The van der Waals surface area contributed by atoms with Crippen molar-refractivity contribution in [2.75, 3.05) is 31.1 Å². The maximum absolute atomic E-state index is 12.6. The van der Waals surface area contributed by atoms with Gasteiger partial charge in [0, 0.05) is 6.92 Å². The van der Waals surface area contributed by atoms with Gasteiger partial charge < -0.3 is 9.64 Å². The molecule has 1 rings (SSSR count). The van der Waals surface area contributed by atoms with Crippen LogP contribution in [-0.2, 0) is 19.4 Å². The van der Waals surface area contributed by atoms with Crippen LogP contribution < -0.4 is 4.90 Å². The lowest BCUT2D eigenvalue weighted by Gasteiger charge is -2.28. The van der Waals surface area contributed by atoms with Gasteiger partial charge in [0.1, 0.15) is 6.54 Å². The second-order valence-corrected chi connectivity index (χ2v) is 6.55. The van der Waals surface area contributed by atoms with E-state index in [9.17, 15) is 26.4 Å². The summed E-state index contributed by atoms with van der Waals surface area (Å²) in [4.78, 5) is 11.1. The molecule has 5 nitrogen and oxygen atoms in total. The molecule has 1 aliphatic heterocycles. The number of quaternary nitrogens is 1. The predicted molar refractivity (Wildman–Crippen MR) is 55.8 cm³/mol. The zero-order valence-electron chi connectivity index (χ0n) is 9.79. The number of nitrogens with one attached hydrogen (secondary N) is 1. The summed E-state index contributed by atoms with van der Waals surface area (Å²) in [5, 5.41) is 0. The fourth-order valence-electron chi connectivity index (χ4n) is 1.72. The van der Waals surface area contributed by atoms with Gasteiger partial charge in [-0.2, -0.15) is 13.2 Å². The Hall–Kier alpha value is -0.830. The minimum absolute atomic E-state index is 0.107. The second kappa shape index (κ2) is 5.43. The molecule has 0 amide bonds. The van der Waals surface area contributed by atoms with Crippen LogP contribution in [0.5, 0.6) is 0 Å². The van der Waals surface area contributed by atoms with Crippen molar-refractivity contribution in [3.8, 4) is 0 Å². The van der Waals surface area contributed by atoms with Crippen LogP contribution in [-0.4, -0.2) is 57.8 Å². The fourth-order valence-corrected chi connectivity index (χ4v) is 3.12. The first kappa shape index (κ1) is 15.2. The van der Waals surface area contributed by atoms with Gasteiger partial charge in [-0.25, -0.2) is 8.42 Å². The predicted octanol–water partition coefficient (Wildman–Crippen LogP) is -1.21. The fraction of sp³-hybridized carbons (Fsp3) is 0.889. The van der Waals surface area contributed by atoms with E-state index in [4.69, 9.17) is 0 Å². The van der Waals surface area contributed by atoms with Crippen LogP contribution in [0, 0.1) is 0 Å². The van der Waals surface area contributed by atoms with Gasteiger partial charge in [0.05, 0.1) is 24.6 Å². The Balaban J connectivity index is 2.60. The highest BCUT2D eigenvalue weighted by molar-refractivity contribution is 7.91. The standard InChI is InChI=1S/C9H14F3NO4S/c1-7(14)17-8(9(10,11)12)6-13-2-4-18(15,16)5-3-13/h8H,2-6H2,1H3/p+1. The van der Waals surface area contributed by atoms with E-state index in [2.05, 4.69) is 4.74 Å². The number of ether oxygens (including phenoxy) is 1. The smallest absolute Gasteiger partial charge is 0.431 e. The van der Waals surface area contributed by atoms with Gasteiger partial charge in [-0.05, 0) is 0 Å². The normalized spacial score (nSPS) is 22.4. The SMILES string of the molecule is CC(=O)OC(C[NH+]1CCS(=O)(=O)CC1)C(F)(F)F. The lowest BCUT2D eigenvalue weighted by atomic mass is 10.3. The zero-order chi connectivity index (χ0) is 14.0. The van der Waals surface area contributed by atoms with E-state index < -0.39 is 34.6 Å². The van der Waals surface area contributed by atoms with Gasteiger partial charge >= 0.3 is 12.1 Å². The molecule has 0 aliphatic carbocycles. The number of carbonyl (C=O) groups excluding carboxylic acids is 1. The third kappa shape index (κ3) is 4.81. The molecular formula is C9H15F3NO4S+. The first-order valence-electron chi connectivity index (χ1n) is 5.38. The molecule has 9 heteroatoms. The summed E-state index contributed by atoms with van der Waals surface area (Å²) in [6, 6.07) is 0. The van der Waals surface area contributed by atoms with Crippen molar-refractivity contribution < 1.29 is 36.0 Å². The van der Waals surface area contributed by atoms with Crippen molar-refractivity contribution in [2.24, 2.45) is 0 Å². The van der Waals surface area contributed by atoms with Gasteiger partial charge in [-0.1, -0.05) is 0 Å². The maximum Gasteiger partial charge on any atom is 0.431 e. The van der Waals surface area contributed by atoms with Crippen LogP contribution in [0.2, 0.25) is 0 Å². The summed E-state index contributed by atoms with van der Waals surface area (Å²) in [5.74, 6) is -1.26. The zero-order valence-corrected chi connectivity index (χ0v) is 10.6. The van der Waals surface area contributed by atoms with Crippen molar-refractivity contribution in [1.82, 2.24) is 0 Å². The van der Waals surface area contributed by atoms with E-state index in [0.29, 0.717) is 4.90 Å². The van der Waals surface area contributed by atoms with Crippen molar-refractivity contribution in [1.29, 1.82) is 0 Å². The van der Waals surface area contributed by atoms with Crippen LogP contribution in [0.15, 0.2) is 0 Å². The molecule has 1 unspecified atom stereocenters. The number of hydrogen-bond acceptors (Lipinski definition) is 4. The molecule has 1 saturated heterocycles. The Morgan fingerprint density at radius 2 is 1.83 bits per heavy atom. The second-order valence-electron chi connectivity index (χ2n) is 4.25. The summed E-state index contributed by atoms with van der Waals surface area (Å²) < 4.78 is 64.2. The largest absolute Gasteiger partial charge is 0.447 e. The minimum Gasteiger partial charge on any atom is -0.447 e. The van der Waals surface area contributed by atoms with E-state index in [-0.39, 0.29) is 24.6 Å². The summed E-state index contributed by atoms with van der Waals surface area (Å²) in [6.07, 6.45) is -6.81. The summed E-state index contributed by atoms with van der Waals surface area (Å²) >= 11 is 0. The third-order valence-corrected chi connectivity index (χ3v) is 4.33. The monoisotopic (exact) mass is 290 g/mol. The Kier molecular flexibility index (Phi) is 4.60. The van der Waals surface area contributed by atoms with Crippen molar-refractivity contribution in [2.45, 2.75) is 19.2 Å². The molecule has 0 aromatic rings. The number of sulfone groups is 1. The number of hydrogen-bond donors (Lipinski definition) is 1. The van der Waals surface area contributed by atoms with Crippen LogP contribution >= 0.6 is 0 Å². The Labute approximate surface area is 103 Å². The van der Waals surface area contributed by atoms with Crippen LogP contribution in [0.3, 0.4) is 0 Å². The van der Waals surface area contributed by atoms with E-state index >= 15 is 0 Å². The molecule has 0 bridgehead atoms. The minimum atomic E-state index is -4.63. The summed E-state index contributed by atoms with van der Waals surface area (Å²) in [5.41, 5.74) is 0. The summed E-state index contributed by atoms with van der Waals surface area (Å²) in [7, 11) is -3.12. The molecule has 1 atom stereocenters. The molecule has 1 N–H and O–H groups in total. The van der Waals surface area contributed by atoms with Gasteiger partial charge in [0.25, 0.3) is 0 Å². The molecule has 0 saturated carbocycles. The average Bonchev–Trinajstić information content (AvgIpc) is 2.18. The van der Waals surface area contributed by atoms with Gasteiger partial charge in [0.15, 0.2) is 9.84 Å². The van der Waals surface area contributed by atoms with Crippen LogP contribution in [0.1, 0.15) is 6.92 Å². The van der Waals surface area contributed by atoms with Crippen LogP contribution in [0.4, 0.5) is 13.2 Å². The first-order chi connectivity index (χ1) is 8.10. The molecule has 1 heterocycles. The number of esters is 1. The Morgan fingerprint density at radius 3 is 2.22 bits per heavy atom. The van der Waals surface area contributed by atoms with E-state index in [0.717, 1.165) is 6.92 Å². The quantitative estimate of drug-likeness (QED) is 0.663. The molecule has 0 spiro atoms. The summed E-state index contributed by atoms with van der Waals surface area (Å²) in [6.45, 7) is 0.680. The van der Waals surface area contributed by atoms with E-state index in [1.54, 1.807) is 0 Å². The number of rotatable bonds is 3. The number of carbonyl (C=O) groups is 1. The molecule has 0 radical (unpaired) electrons. The molecule has 0 aromatic carbocycles. The van der Waals surface area contributed by atoms with Crippen molar-refractivity contribution in [3.05, 3.63) is 0 Å². The van der Waals surface area contributed by atoms with Gasteiger partial charge in [-0.3, -0.25) is 4.79 Å². The maximum atomic E-state index is 12.6. The third-order valence-electron chi connectivity index (χ3n) is 2.68. The molecule has 1 aliphatic rings. The lowest BCUT2D eigenvalue weighted by Crippen LogP contribution is -3.15. The average molecular weight is 290 g/mol. The molecule has 0 aromatic heterocycles. The van der Waals surface area contributed by atoms with Gasteiger partial charge in [0.2, 0.25) is 6.10 Å². The van der Waals surface area contributed by atoms with Gasteiger partial charge in [-0.15, -0.1) is 0 Å². The first-order valence-corrected chi connectivity index (χ1v) is 7.20. The molecule has 18 heavy (non-hydrogen) atoms. The topological polar surface area (TPSA) is 64.9 Å². The Bertz CT molecular complexity index is 393. The van der Waals surface area contributed by atoms with E-state index in [1.165, 1.54) is 0 Å². The Morgan fingerprint density at radius 1 is 1.33 bits per heavy atom. The highest BCUT2D eigenvalue weighted by Gasteiger charge is 2.45. The van der Waals surface area contributed by atoms with Crippen molar-refractivity contribution >= 4 is 15.8 Å². The van der Waals surface area contributed by atoms with Crippen LogP contribution in [0.25, 0.3) is 0 Å². The number of alkyl halides is 3. The van der Waals surface area contributed by atoms with E-state index in [1.807, 2.05) is 0 Å². The molecule has 106 valence electrons. The lowest BCUT2D eigenvalue weighted by molar-refractivity contribution is -0.900. The highest BCUT2D eigenvalue weighted by Crippen LogP contribution is 2.22. The highest BCUT2D eigenvalue weighted by atomic mass is 32.2. The molecule has 1 fully saturated rings. The molecular weight excluding hydrogens is 275 g/mol.